The predicted octanol–water partition coefficient (Wildman–Crippen LogP) is 3.20. The molecule has 2 saturated heterocycles. The van der Waals surface area contributed by atoms with E-state index in [0.29, 0.717) is 26.2 Å². The molecule has 2 N–H and O–H groups in total. The first-order chi connectivity index (χ1) is 17.2. The van der Waals surface area contributed by atoms with Crippen molar-refractivity contribution in [2.45, 2.75) is 39.2 Å². The maximum Gasteiger partial charge on any atom is 0.231 e. The molecule has 0 radical (unpaired) electrons. The Morgan fingerprint density at radius 1 is 1.11 bits per heavy atom. The first-order valence-corrected chi connectivity index (χ1v) is 12.7. The molecule has 3 atom stereocenters. The number of rotatable bonds is 8. The Morgan fingerprint density at radius 3 is 2.39 bits per heavy atom. The average Bonchev–Trinajstić information content (AvgIpc) is 3.12. The summed E-state index contributed by atoms with van der Waals surface area (Å²) in [4.78, 5) is 43.5. The number of benzene rings is 2. The summed E-state index contributed by atoms with van der Waals surface area (Å²) in [5.41, 5.74) is 6.08. The van der Waals surface area contributed by atoms with Gasteiger partial charge in [0.2, 0.25) is 17.7 Å². The van der Waals surface area contributed by atoms with Crippen LogP contribution in [0.2, 0.25) is 0 Å². The van der Waals surface area contributed by atoms with E-state index in [9.17, 15) is 14.4 Å². The van der Waals surface area contributed by atoms with Crippen LogP contribution in [0.4, 0.5) is 0 Å². The van der Waals surface area contributed by atoms with Crippen molar-refractivity contribution in [3.63, 3.8) is 0 Å². The maximum absolute atomic E-state index is 14.0. The third-order valence-corrected chi connectivity index (χ3v) is 8.13. The Labute approximate surface area is 213 Å². The average molecular weight is 492 g/mol. The van der Waals surface area contributed by atoms with Crippen molar-refractivity contribution in [1.82, 2.24) is 9.80 Å². The summed E-state index contributed by atoms with van der Waals surface area (Å²) in [7, 11) is 1.84. The van der Waals surface area contributed by atoms with Crippen LogP contribution in [0.5, 0.6) is 0 Å². The molecule has 2 aliphatic rings. The molecule has 0 aliphatic carbocycles. The minimum Gasteiger partial charge on any atom is -0.376 e. The van der Waals surface area contributed by atoms with Crippen molar-refractivity contribution in [3.8, 4) is 0 Å². The van der Waals surface area contributed by atoms with E-state index in [1.165, 1.54) is 0 Å². The fourth-order valence-electron chi connectivity index (χ4n) is 5.75. The van der Waals surface area contributed by atoms with Crippen molar-refractivity contribution in [1.29, 1.82) is 0 Å². The summed E-state index contributed by atoms with van der Waals surface area (Å²) in [5, 5.41) is 0. The highest BCUT2D eigenvalue weighted by Crippen LogP contribution is 2.49. The molecular formula is C29H37N3O4. The molecule has 2 aromatic rings. The van der Waals surface area contributed by atoms with Gasteiger partial charge in [-0.2, -0.15) is 0 Å². The Balaban J connectivity index is 1.57. The summed E-state index contributed by atoms with van der Waals surface area (Å²) in [5.74, 6) is -1.39. The first kappa shape index (κ1) is 25.9. The molecule has 2 aliphatic heterocycles. The number of hydrogen-bond acceptors (Lipinski definition) is 4. The van der Waals surface area contributed by atoms with E-state index in [4.69, 9.17) is 10.5 Å². The Hall–Kier alpha value is -3.19. The van der Waals surface area contributed by atoms with Gasteiger partial charge in [0.05, 0.1) is 30.0 Å². The molecule has 36 heavy (non-hydrogen) atoms. The summed E-state index contributed by atoms with van der Waals surface area (Å²) in [6.45, 7) is 5.31. The number of likely N-dealkylation sites (N-methyl/N-ethyl adjacent to an activating group) is 1. The summed E-state index contributed by atoms with van der Waals surface area (Å²) in [6, 6.07) is 19.8. The fourth-order valence-corrected chi connectivity index (χ4v) is 5.75. The molecule has 3 amide bonds. The van der Waals surface area contributed by atoms with Gasteiger partial charge in [0.25, 0.3) is 0 Å². The lowest BCUT2D eigenvalue weighted by Crippen LogP contribution is -2.56. The lowest BCUT2D eigenvalue weighted by molar-refractivity contribution is -0.154. The Kier molecular flexibility index (Phi) is 7.50. The number of amides is 3. The van der Waals surface area contributed by atoms with Crippen LogP contribution in [0.1, 0.15) is 43.7 Å². The minimum absolute atomic E-state index is 0.00345. The second kappa shape index (κ2) is 10.4. The van der Waals surface area contributed by atoms with Crippen molar-refractivity contribution in [2.24, 2.45) is 22.5 Å². The summed E-state index contributed by atoms with van der Waals surface area (Å²) in [6.07, 6.45) is 1.46. The Bertz CT molecular complexity index is 1090. The van der Waals surface area contributed by atoms with E-state index in [1.54, 1.807) is 23.6 Å². The van der Waals surface area contributed by atoms with Crippen LogP contribution < -0.4 is 5.73 Å². The van der Waals surface area contributed by atoms with Crippen LogP contribution in [0.25, 0.3) is 0 Å². The fraction of sp³-hybridized carbons (Fsp3) is 0.483. The zero-order valence-electron chi connectivity index (χ0n) is 21.5. The van der Waals surface area contributed by atoms with Crippen LogP contribution in [-0.2, 0) is 25.7 Å². The van der Waals surface area contributed by atoms with E-state index in [-0.39, 0.29) is 24.3 Å². The Morgan fingerprint density at radius 2 is 1.75 bits per heavy atom. The third-order valence-electron chi connectivity index (χ3n) is 8.13. The molecule has 2 unspecified atom stereocenters. The quantitative estimate of drug-likeness (QED) is 0.614. The van der Waals surface area contributed by atoms with Crippen LogP contribution >= 0.6 is 0 Å². The molecule has 0 saturated carbocycles. The smallest absolute Gasteiger partial charge is 0.231 e. The van der Waals surface area contributed by atoms with E-state index < -0.39 is 22.7 Å². The highest BCUT2D eigenvalue weighted by molar-refractivity contribution is 5.91. The molecule has 2 heterocycles. The van der Waals surface area contributed by atoms with Crippen molar-refractivity contribution in [3.05, 3.63) is 71.8 Å². The van der Waals surface area contributed by atoms with Gasteiger partial charge in [-0.05, 0) is 24.0 Å². The number of carbonyl (C=O) groups is 3. The van der Waals surface area contributed by atoms with Gasteiger partial charge in [0, 0.05) is 32.6 Å². The molecule has 7 nitrogen and oxygen atoms in total. The topological polar surface area (TPSA) is 92.9 Å². The first-order valence-electron chi connectivity index (χ1n) is 12.7. The molecule has 0 aromatic heterocycles. The highest BCUT2D eigenvalue weighted by atomic mass is 16.5. The summed E-state index contributed by atoms with van der Waals surface area (Å²) >= 11 is 0. The van der Waals surface area contributed by atoms with Crippen LogP contribution in [-0.4, -0.2) is 60.8 Å². The van der Waals surface area contributed by atoms with Crippen molar-refractivity contribution < 1.29 is 19.1 Å². The number of hydrogen-bond donors (Lipinski definition) is 1. The number of carbonyl (C=O) groups excluding carboxylic acids is 3. The van der Waals surface area contributed by atoms with Gasteiger partial charge in [-0.3, -0.25) is 14.4 Å². The molecule has 1 spiro atoms. The zero-order chi connectivity index (χ0) is 25.9. The second-order valence-electron chi connectivity index (χ2n) is 10.8. The van der Waals surface area contributed by atoms with Crippen LogP contribution in [0.3, 0.4) is 0 Å². The summed E-state index contributed by atoms with van der Waals surface area (Å²) < 4.78 is 5.95. The molecule has 192 valence electrons. The van der Waals surface area contributed by atoms with E-state index in [2.05, 4.69) is 12.1 Å². The molecule has 7 heteroatoms. The van der Waals surface area contributed by atoms with Gasteiger partial charge < -0.3 is 20.3 Å². The van der Waals surface area contributed by atoms with E-state index in [1.807, 2.05) is 55.6 Å². The number of likely N-dealkylation sites (tertiary alicyclic amines) is 2. The lowest BCUT2D eigenvalue weighted by atomic mass is 9.68. The second-order valence-corrected chi connectivity index (χ2v) is 10.8. The molecule has 2 aromatic carbocycles. The standard InChI is InChI=1S/C29H37N3O4/c1-28(2,26(30)34)24(19-36-18-21-11-6-4-7-12-21)25(33)32-16-10-15-29(20-32)23(17-31(3)27(29)35)22-13-8-5-9-14-22/h4-9,11-14,23-24H,10,15-20H2,1-3H3,(H2,30,34)/t23?,24-,29?/m1/s1. The monoisotopic (exact) mass is 491 g/mol. The van der Waals surface area contributed by atoms with Crippen molar-refractivity contribution >= 4 is 17.7 Å². The van der Waals surface area contributed by atoms with Gasteiger partial charge >= 0.3 is 0 Å². The number of piperidine rings is 1. The predicted molar refractivity (Wildman–Crippen MR) is 138 cm³/mol. The molecule has 4 rings (SSSR count). The maximum atomic E-state index is 14.0. The number of nitrogens with two attached hydrogens (primary N) is 1. The number of ether oxygens (including phenoxy) is 1. The van der Waals surface area contributed by atoms with E-state index >= 15 is 0 Å². The van der Waals surface area contributed by atoms with Gasteiger partial charge in [0.15, 0.2) is 0 Å². The highest BCUT2D eigenvalue weighted by Gasteiger charge is 2.56. The van der Waals surface area contributed by atoms with Crippen LogP contribution in [0.15, 0.2) is 60.7 Å². The van der Waals surface area contributed by atoms with Gasteiger partial charge in [-0.15, -0.1) is 0 Å². The number of nitrogens with zero attached hydrogens (tertiary/aromatic N) is 2. The number of primary amides is 1. The zero-order valence-corrected chi connectivity index (χ0v) is 21.5. The van der Waals surface area contributed by atoms with E-state index in [0.717, 1.165) is 24.0 Å². The molecule has 0 bridgehead atoms. The largest absolute Gasteiger partial charge is 0.376 e. The van der Waals surface area contributed by atoms with Gasteiger partial charge in [-0.25, -0.2) is 0 Å². The SMILES string of the molecule is CN1CC(c2ccccc2)C2(CCCN(C(=O)[C@@H](COCc3ccccc3)C(C)(C)C(N)=O)C2)C1=O. The lowest BCUT2D eigenvalue weighted by Gasteiger charge is -2.44. The minimum atomic E-state index is -1.10. The normalized spacial score (nSPS) is 23.2. The molecular weight excluding hydrogens is 454 g/mol. The third kappa shape index (κ3) is 4.89. The van der Waals surface area contributed by atoms with Gasteiger partial charge in [0.1, 0.15) is 0 Å². The van der Waals surface area contributed by atoms with Gasteiger partial charge in [-0.1, -0.05) is 74.5 Å². The molecule has 2 fully saturated rings. The van der Waals surface area contributed by atoms with Crippen LogP contribution in [0, 0.1) is 16.7 Å². The van der Waals surface area contributed by atoms with Crippen molar-refractivity contribution in [2.75, 3.05) is 33.3 Å².